The zero-order valence-corrected chi connectivity index (χ0v) is 10.2. The van der Waals surface area contributed by atoms with Crippen LogP contribution in [0.15, 0.2) is 36.4 Å². The molecule has 92 valence electrons. The SMILES string of the molecule is Cc1cccc(Nc2ccc(C#N)cc2F)c1C#N. The van der Waals surface area contributed by atoms with Crippen LogP contribution in [0.1, 0.15) is 16.7 Å². The second kappa shape index (κ2) is 5.20. The van der Waals surface area contributed by atoms with Crippen molar-refractivity contribution in [1.82, 2.24) is 0 Å². The Morgan fingerprint density at radius 1 is 1.05 bits per heavy atom. The van der Waals surface area contributed by atoms with E-state index in [1.165, 1.54) is 12.1 Å². The third-order valence-electron chi connectivity index (χ3n) is 2.75. The minimum atomic E-state index is -0.524. The minimum absolute atomic E-state index is 0.237. The Balaban J connectivity index is 2.41. The van der Waals surface area contributed by atoms with Crippen molar-refractivity contribution in [3.63, 3.8) is 0 Å². The van der Waals surface area contributed by atoms with E-state index < -0.39 is 5.82 Å². The number of nitrogens with zero attached hydrogens (tertiary/aromatic N) is 2. The van der Waals surface area contributed by atoms with Gasteiger partial charge in [0.1, 0.15) is 11.9 Å². The molecule has 4 heteroatoms. The van der Waals surface area contributed by atoms with E-state index in [4.69, 9.17) is 10.5 Å². The quantitative estimate of drug-likeness (QED) is 0.886. The second-order valence-corrected chi connectivity index (χ2v) is 4.04. The van der Waals surface area contributed by atoms with E-state index in [0.717, 1.165) is 11.6 Å². The predicted molar refractivity (Wildman–Crippen MR) is 70.3 cm³/mol. The molecule has 0 amide bonds. The number of rotatable bonds is 2. The van der Waals surface area contributed by atoms with Crippen LogP contribution in [0.4, 0.5) is 15.8 Å². The highest BCUT2D eigenvalue weighted by molar-refractivity contribution is 5.68. The maximum Gasteiger partial charge on any atom is 0.147 e. The summed E-state index contributed by atoms with van der Waals surface area (Å²) >= 11 is 0. The van der Waals surface area contributed by atoms with Gasteiger partial charge in [0.15, 0.2) is 0 Å². The fraction of sp³-hybridized carbons (Fsp3) is 0.0667. The van der Waals surface area contributed by atoms with Gasteiger partial charge in [-0.3, -0.25) is 0 Å². The first-order valence-corrected chi connectivity index (χ1v) is 5.62. The van der Waals surface area contributed by atoms with Crippen molar-refractivity contribution in [3.05, 3.63) is 58.9 Å². The molecule has 2 aromatic carbocycles. The van der Waals surface area contributed by atoms with Gasteiger partial charge in [0.05, 0.1) is 28.6 Å². The van der Waals surface area contributed by atoms with Crippen LogP contribution >= 0.6 is 0 Å². The summed E-state index contributed by atoms with van der Waals surface area (Å²) < 4.78 is 13.8. The lowest BCUT2D eigenvalue weighted by molar-refractivity contribution is 0.631. The maximum atomic E-state index is 13.8. The van der Waals surface area contributed by atoms with Gasteiger partial charge in [0.2, 0.25) is 0 Å². The average molecular weight is 251 g/mol. The number of hydrogen-bond acceptors (Lipinski definition) is 3. The van der Waals surface area contributed by atoms with E-state index in [1.807, 2.05) is 19.1 Å². The number of nitriles is 2. The van der Waals surface area contributed by atoms with Crippen LogP contribution in [-0.2, 0) is 0 Å². The number of hydrogen-bond donors (Lipinski definition) is 1. The van der Waals surface area contributed by atoms with Crippen LogP contribution in [0, 0.1) is 35.4 Å². The molecule has 0 saturated heterocycles. The lowest BCUT2D eigenvalue weighted by Crippen LogP contribution is -1.98. The van der Waals surface area contributed by atoms with Crippen LogP contribution in [0.25, 0.3) is 0 Å². The number of halogens is 1. The van der Waals surface area contributed by atoms with Gasteiger partial charge in [-0.2, -0.15) is 10.5 Å². The van der Waals surface area contributed by atoms with Crippen molar-refractivity contribution in [2.45, 2.75) is 6.92 Å². The molecular weight excluding hydrogens is 241 g/mol. The summed E-state index contributed by atoms with van der Waals surface area (Å²) in [4.78, 5) is 0. The first-order valence-electron chi connectivity index (χ1n) is 5.62. The Morgan fingerprint density at radius 2 is 1.84 bits per heavy atom. The molecule has 3 nitrogen and oxygen atoms in total. The highest BCUT2D eigenvalue weighted by Crippen LogP contribution is 2.25. The summed E-state index contributed by atoms with van der Waals surface area (Å²) in [6.07, 6.45) is 0. The average Bonchev–Trinajstić information content (AvgIpc) is 2.41. The molecule has 0 bridgehead atoms. The standard InChI is InChI=1S/C15H10FN3/c1-10-3-2-4-14(12(10)9-18)19-15-6-5-11(8-17)7-13(15)16/h2-7,19H,1H3. The van der Waals surface area contributed by atoms with Gasteiger partial charge in [-0.1, -0.05) is 12.1 Å². The van der Waals surface area contributed by atoms with Crippen LogP contribution in [0.2, 0.25) is 0 Å². The summed E-state index contributed by atoms with van der Waals surface area (Å²) in [5.74, 6) is -0.524. The Morgan fingerprint density at radius 3 is 2.47 bits per heavy atom. The Hall–Kier alpha value is -2.85. The number of anilines is 2. The van der Waals surface area contributed by atoms with Crippen LogP contribution < -0.4 is 5.32 Å². The maximum absolute atomic E-state index is 13.8. The van der Waals surface area contributed by atoms with Crippen molar-refractivity contribution >= 4 is 11.4 Å². The number of aryl methyl sites for hydroxylation is 1. The van der Waals surface area contributed by atoms with E-state index >= 15 is 0 Å². The molecule has 0 spiro atoms. The molecule has 0 aliphatic carbocycles. The van der Waals surface area contributed by atoms with Gasteiger partial charge >= 0.3 is 0 Å². The van der Waals surface area contributed by atoms with E-state index in [-0.39, 0.29) is 11.3 Å². The number of nitrogens with one attached hydrogen (secondary N) is 1. The molecular formula is C15H10FN3. The second-order valence-electron chi connectivity index (χ2n) is 4.04. The van der Waals surface area contributed by atoms with Gasteiger partial charge in [-0.15, -0.1) is 0 Å². The molecule has 0 aliphatic rings. The highest BCUT2D eigenvalue weighted by Gasteiger charge is 2.08. The summed E-state index contributed by atoms with van der Waals surface area (Å²) in [6, 6.07) is 13.4. The first kappa shape index (κ1) is 12.6. The smallest absolute Gasteiger partial charge is 0.147 e. The fourth-order valence-electron chi connectivity index (χ4n) is 1.75. The topological polar surface area (TPSA) is 59.6 Å². The molecule has 0 aromatic heterocycles. The summed E-state index contributed by atoms with van der Waals surface area (Å²) in [5.41, 5.74) is 2.34. The molecule has 0 unspecified atom stereocenters. The Kier molecular flexibility index (Phi) is 3.45. The normalized spacial score (nSPS) is 9.47. The highest BCUT2D eigenvalue weighted by atomic mass is 19.1. The summed E-state index contributed by atoms with van der Waals surface area (Å²) in [6.45, 7) is 1.82. The lowest BCUT2D eigenvalue weighted by atomic mass is 10.1. The van der Waals surface area contributed by atoms with E-state index in [2.05, 4.69) is 11.4 Å². The van der Waals surface area contributed by atoms with Crippen LogP contribution in [0.3, 0.4) is 0 Å². The van der Waals surface area contributed by atoms with Crippen molar-refractivity contribution < 1.29 is 4.39 Å². The zero-order chi connectivity index (χ0) is 13.8. The minimum Gasteiger partial charge on any atom is -0.352 e. The molecule has 0 aliphatic heterocycles. The van der Waals surface area contributed by atoms with Crippen molar-refractivity contribution in [2.24, 2.45) is 0 Å². The van der Waals surface area contributed by atoms with Gasteiger partial charge in [-0.25, -0.2) is 4.39 Å². The van der Waals surface area contributed by atoms with Gasteiger partial charge < -0.3 is 5.32 Å². The molecule has 2 rings (SSSR count). The largest absolute Gasteiger partial charge is 0.352 e. The molecule has 0 fully saturated rings. The molecule has 0 saturated carbocycles. The zero-order valence-electron chi connectivity index (χ0n) is 10.2. The summed E-state index contributed by atoms with van der Waals surface area (Å²) in [7, 11) is 0. The molecule has 2 aromatic rings. The van der Waals surface area contributed by atoms with Gasteiger partial charge in [-0.05, 0) is 36.8 Å². The van der Waals surface area contributed by atoms with Crippen molar-refractivity contribution in [2.75, 3.05) is 5.32 Å². The number of benzene rings is 2. The third-order valence-corrected chi connectivity index (χ3v) is 2.75. The van der Waals surface area contributed by atoms with Crippen molar-refractivity contribution in [3.8, 4) is 12.1 Å². The molecule has 0 atom stereocenters. The van der Waals surface area contributed by atoms with Crippen LogP contribution in [0.5, 0.6) is 0 Å². The van der Waals surface area contributed by atoms with Gasteiger partial charge in [0.25, 0.3) is 0 Å². The van der Waals surface area contributed by atoms with Crippen LogP contribution in [-0.4, -0.2) is 0 Å². The third kappa shape index (κ3) is 2.53. The van der Waals surface area contributed by atoms with Crippen molar-refractivity contribution in [1.29, 1.82) is 10.5 Å². The van der Waals surface area contributed by atoms with E-state index in [9.17, 15) is 4.39 Å². The first-order chi connectivity index (χ1) is 9.15. The molecule has 0 heterocycles. The Labute approximate surface area is 110 Å². The lowest BCUT2D eigenvalue weighted by Gasteiger charge is -2.10. The van der Waals surface area contributed by atoms with Gasteiger partial charge in [0, 0.05) is 0 Å². The molecule has 19 heavy (non-hydrogen) atoms. The molecule has 0 radical (unpaired) electrons. The van der Waals surface area contributed by atoms with E-state index in [0.29, 0.717) is 11.3 Å². The molecule has 1 N–H and O–H groups in total. The van der Waals surface area contributed by atoms with E-state index in [1.54, 1.807) is 12.1 Å². The predicted octanol–water partition coefficient (Wildman–Crippen LogP) is 3.62. The summed E-state index contributed by atoms with van der Waals surface area (Å²) in [5, 5.41) is 20.7. The monoisotopic (exact) mass is 251 g/mol. The Bertz CT molecular complexity index is 708. The fourth-order valence-corrected chi connectivity index (χ4v) is 1.75.